The summed E-state index contributed by atoms with van der Waals surface area (Å²) in [5, 5.41) is 20.8. The number of aliphatic hydroxyl groups excluding tert-OH is 1. The van der Waals surface area contributed by atoms with Crippen LogP contribution in [0.4, 0.5) is 5.13 Å². The van der Waals surface area contributed by atoms with E-state index in [-0.39, 0.29) is 16.5 Å². The number of hydrogen-bond donors (Lipinski definition) is 1. The monoisotopic (exact) mass is 591 g/mol. The number of aliphatic hydroxyl groups is 1. The van der Waals surface area contributed by atoms with Crippen molar-refractivity contribution in [3.63, 3.8) is 0 Å². The second-order valence-electron chi connectivity index (χ2n) is 9.04. The van der Waals surface area contributed by atoms with Crippen LogP contribution in [-0.2, 0) is 15.3 Å². The SMILES string of the molecule is CCCCOc1cccc(C2/C(=C(\O)c3ccccc3)C(=O)C(=O)N2c2nnc(SCc3ccccc3Cl)s2)c1. The van der Waals surface area contributed by atoms with Crippen LogP contribution in [0, 0.1) is 0 Å². The van der Waals surface area contributed by atoms with Gasteiger partial charge in [-0.3, -0.25) is 14.5 Å². The molecule has 1 saturated heterocycles. The Hall–Kier alpha value is -3.66. The van der Waals surface area contributed by atoms with Gasteiger partial charge in [-0.1, -0.05) is 109 Å². The maximum absolute atomic E-state index is 13.5. The summed E-state index contributed by atoms with van der Waals surface area (Å²) >= 11 is 8.94. The third-order valence-electron chi connectivity index (χ3n) is 6.34. The van der Waals surface area contributed by atoms with Crippen LogP contribution in [0.2, 0.25) is 5.02 Å². The summed E-state index contributed by atoms with van der Waals surface area (Å²) in [5.74, 6) is -0.629. The summed E-state index contributed by atoms with van der Waals surface area (Å²) in [5.41, 5.74) is 2.00. The number of amides is 1. The normalized spacial score (nSPS) is 16.4. The molecule has 1 unspecified atom stereocenters. The Morgan fingerprint density at radius 1 is 1.05 bits per heavy atom. The molecule has 7 nitrogen and oxygen atoms in total. The van der Waals surface area contributed by atoms with E-state index in [1.807, 2.05) is 48.5 Å². The molecule has 1 atom stereocenters. The highest BCUT2D eigenvalue weighted by molar-refractivity contribution is 8.00. The standard InChI is InChI=1S/C30H26ClN3O4S2/c1-2-3-16-38-22-14-9-13-20(17-22)25-24(26(35)19-10-5-4-6-11-19)27(36)28(37)34(25)29-32-33-30(40-29)39-18-21-12-7-8-15-23(21)31/h4-15,17,25,35H,2-3,16,18H2,1H3/b26-24+. The van der Waals surface area contributed by atoms with Crippen LogP contribution in [0.1, 0.15) is 42.5 Å². The van der Waals surface area contributed by atoms with Crippen LogP contribution >= 0.6 is 34.7 Å². The van der Waals surface area contributed by atoms with Crippen LogP contribution in [0.25, 0.3) is 5.76 Å². The lowest BCUT2D eigenvalue weighted by molar-refractivity contribution is -0.132. The van der Waals surface area contributed by atoms with E-state index in [1.165, 1.54) is 28.0 Å². The number of thioether (sulfide) groups is 1. The molecule has 40 heavy (non-hydrogen) atoms. The fourth-order valence-electron chi connectivity index (χ4n) is 4.32. The molecule has 10 heteroatoms. The molecule has 3 aromatic carbocycles. The van der Waals surface area contributed by atoms with Gasteiger partial charge in [0.25, 0.3) is 5.78 Å². The van der Waals surface area contributed by atoms with E-state index in [0.29, 0.717) is 38.6 Å². The fourth-order valence-corrected chi connectivity index (χ4v) is 6.47. The zero-order valence-electron chi connectivity index (χ0n) is 21.6. The Morgan fingerprint density at radius 2 is 1.82 bits per heavy atom. The molecular formula is C30H26ClN3O4S2. The van der Waals surface area contributed by atoms with Gasteiger partial charge in [0.1, 0.15) is 11.5 Å². The van der Waals surface area contributed by atoms with E-state index in [0.717, 1.165) is 18.4 Å². The molecule has 204 valence electrons. The Kier molecular flexibility index (Phi) is 8.84. The number of halogens is 1. The van der Waals surface area contributed by atoms with Gasteiger partial charge in [0.05, 0.1) is 18.2 Å². The molecule has 0 radical (unpaired) electrons. The van der Waals surface area contributed by atoms with Crippen molar-refractivity contribution in [1.29, 1.82) is 0 Å². The molecule has 0 aliphatic carbocycles. The van der Waals surface area contributed by atoms with Crippen LogP contribution in [0.15, 0.2) is 88.8 Å². The van der Waals surface area contributed by atoms with Gasteiger partial charge in [-0.25, -0.2) is 0 Å². The first-order valence-corrected chi connectivity index (χ1v) is 14.9. The van der Waals surface area contributed by atoms with Crippen molar-refractivity contribution in [2.45, 2.75) is 35.9 Å². The molecule has 0 spiro atoms. The molecule has 5 rings (SSSR count). The number of nitrogens with zero attached hydrogens (tertiary/aromatic N) is 3. The van der Waals surface area contributed by atoms with E-state index in [9.17, 15) is 14.7 Å². The Morgan fingerprint density at radius 3 is 2.60 bits per heavy atom. The number of benzene rings is 3. The van der Waals surface area contributed by atoms with Crippen LogP contribution in [0.5, 0.6) is 5.75 Å². The van der Waals surface area contributed by atoms with Gasteiger partial charge in [0, 0.05) is 16.3 Å². The highest BCUT2D eigenvalue weighted by atomic mass is 35.5. The zero-order valence-corrected chi connectivity index (χ0v) is 24.0. The average Bonchev–Trinajstić information content (AvgIpc) is 3.55. The number of unbranched alkanes of at least 4 members (excludes halogenated alkanes) is 1. The predicted octanol–water partition coefficient (Wildman–Crippen LogP) is 7.29. The van der Waals surface area contributed by atoms with Crippen molar-refractivity contribution >= 4 is 57.3 Å². The van der Waals surface area contributed by atoms with Crippen LogP contribution in [0.3, 0.4) is 0 Å². The van der Waals surface area contributed by atoms with Gasteiger partial charge in [-0.15, -0.1) is 10.2 Å². The first-order valence-electron chi connectivity index (χ1n) is 12.8. The molecule has 4 aromatic rings. The molecule has 0 saturated carbocycles. The minimum atomic E-state index is -0.913. The van der Waals surface area contributed by atoms with E-state index in [2.05, 4.69) is 17.1 Å². The van der Waals surface area contributed by atoms with Crippen molar-refractivity contribution in [1.82, 2.24) is 10.2 Å². The van der Waals surface area contributed by atoms with Crippen molar-refractivity contribution < 1.29 is 19.4 Å². The van der Waals surface area contributed by atoms with Gasteiger partial charge in [-0.2, -0.15) is 0 Å². The van der Waals surface area contributed by atoms with Crippen molar-refractivity contribution in [3.05, 3.63) is 106 Å². The van der Waals surface area contributed by atoms with E-state index in [1.54, 1.807) is 30.3 Å². The van der Waals surface area contributed by atoms with Gasteiger partial charge < -0.3 is 9.84 Å². The van der Waals surface area contributed by atoms with Gasteiger partial charge in [0.15, 0.2) is 4.34 Å². The van der Waals surface area contributed by atoms with Crippen LogP contribution in [-0.4, -0.2) is 33.6 Å². The minimum absolute atomic E-state index is 0.0117. The summed E-state index contributed by atoms with van der Waals surface area (Å²) in [4.78, 5) is 28.2. The average molecular weight is 592 g/mol. The smallest absolute Gasteiger partial charge is 0.301 e. The quantitative estimate of drug-likeness (QED) is 0.0517. The molecule has 1 aromatic heterocycles. The largest absolute Gasteiger partial charge is 0.507 e. The summed E-state index contributed by atoms with van der Waals surface area (Å²) < 4.78 is 6.52. The third kappa shape index (κ3) is 5.91. The number of aromatic nitrogens is 2. The van der Waals surface area contributed by atoms with Crippen molar-refractivity contribution in [2.75, 3.05) is 11.5 Å². The predicted molar refractivity (Wildman–Crippen MR) is 159 cm³/mol. The molecule has 1 aliphatic rings. The lowest BCUT2D eigenvalue weighted by atomic mass is 9.95. The third-order valence-corrected chi connectivity index (χ3v) is 8.82. The molecule has 0 bridgehead atoms. The number of ether oxygens (including phenoxy) is 1. The van der Waals surface area contributed by atoms with Crippen molar-refractivity contribution in [3.8, 4) is 5.75 Å². The number of Topliss-reactive ketones (excluding diaryl/α,β-unsaturated/α-hetero) is 1. The lowest BCUT2D eigenvalue weighted by Gasteiger charge is -2.23. The molecular weight excluding hydrogens is 566 g/mol. The number of hydrogen-bond acceptors (Lipinski definition) is 8. The van der Waals surface area contributed by atoms with E-state index >= 15 is 0 Å². The van der Waals surface area contributed by atoms with E-state index in [4.69, 9.17) is 16.3 Å². The highest BCUT2D eigenvalue weighted by Crippen LogP contribution is 2.44. The maximum Gasteiger partial charge on any atom is 0.301 e. The molecule has 1 fully saturated rings. The summed E-state index contributed by atoms with van der Waals surface area (Å²) in [6.45, 7) is 2.63. The van der Waals surface area contributed by atoms with Gasteiger partial charge in [-0.05, 0) is 35.7 Å². The van der Waals surface area contributed by atoms with Gasteiger partial charge in [0.2, 0.25) is 5.13 Å². The summed E-state index contributed by atoms with van der Waals surface area (Å²) in [6.07, 6.45) is 1.89. The van der Waals surface area contributed by atoms with Gasteiger partial charge >= 0.3 is 5.91 Å². The number of carbonyl (C=O) groups excluding carboxylic acids is 2. The summed E-state index contributed by atoms with van der Waals surface area (Å²) in [6, 6.07) is 22.6. The molecule has 1 aliphatic heterocycles. The lowest BCUT2D eigenvalue weighted by Crippen LogP contribution is -2.29. The Labute approximate surface area is 245 Å². The maximum atomic E-state index is 13.5. The molecule has 2 heterocycles. The first kappa shape index (κ1) is 27.9. The Bertz CT molecular complexity index is 1560. The summed E-state index contributed by atoms with van der Waals surface area (Å²) in [7, 11) is 0. The molecule has 1 N–H and O–H groups in total. The zero-order chi connectivity index (χ0) is 28.1. The minimum Gasteiger partial charge on any atom is -0.507 e. The van der Waals surface area contributed by atoms with Crippen LogP contribution < -0.4 is 9.64 Å². The molecule has 1 amide bonds. The van der Waals surface area contributed by atoms with Crippen molar-refractivity contribution in [2.24, 2.45) is 0 Å². The second kappa shape index (κ2) is 12.7. The fraction of sp³-hybridized carbons (Fsp3) is 0.200. The highest BCUT2D eigenvalue weighted by Gasteiger charge is 2.48. The first-order chi connectivity index (χ1) is 19.5. The van der Waals surface area contributed by atoms with E-state index < -0.39 is 17.7 Å². The number of ketones is 1. The number of rotatable bonds is 10. The second-order valence-corrected chi connectivity index (χ2v) is 11.6. The topological polar surface area (TPSA) is 92.6 Å². The number of anilines is 1. The Balaban J connectivity index is 1.53. The number of carbonyl (C=O) groups is 2.